The molecule has 9 heteroatoms. The Bertz CT molecular complexity index is 1620. The van der Waals surface area contributed by atoms with Crippen molar-refractivity contribution in [1.29, 1.82) is 0 Å². The number of aromatic nitrogens is 4. The van der Waals surface area contributed by atoms with E-state index in [-0.39, 0.29) is 24.9 Å². The zero-order valence-electron chi connectivity index (χ0n) is 22.5. The van der Waals surface area contributed by atoms with Gasteiger partial charge in [0.1, 0.15) is 23.2 Å². The highest BCUT2D eigenvalue weighted by atomic mass is 19.1. The van der Waals surface area contributed by atoms with Crippen LogP contribution in [0.15, 0.2) is 109 Å². The standard InChI is InChI=1S/C32H30FN5O3/c1-40-24-14-12-23(13-15-24)32(21-8-4-2-5-9-21,22-10-6-3-7-11-22)41-18-27-25(16-33)29(26(27)17-39)38-20-37-28-30(34)35-19-36-31(28)38/h2-16,19-20,26-27,29,39H,17-18H2,1H3,(H2,34,35,36)/b25-16-/t26-,27+,29-/m1/s1. The molecule has 1 aliphatic carbocycles. The molecule has 5 aromatic rings. The summed E-state index contributed by atoms with van der Waals surface area (Å²) in [6.45, 7) is -0.0282. The average molecular weight is 552 g/mol. The van der Waals surface area contributed by atoms with Crippen molar-refractivity contribution in [2.45, 2.75) is 11.6 Å². The summed E-state index contributed by atoms with van der Waals surface area (Å²) in [7, 11) is 1.63. The summed E-state index contributed by atoms with van der Waals surface area (Å²) < 4.78 is 28.7. The van der Waals surface area contributed by atoms with E-state index in [9.17, 15) is 9.50 Å². The summed E-state index contributed by atoms with van der Waals surface area (Å²) in [6.07, 6.45) is 3.53. The predicted molar refractivity (Wildman–Crippen MR) is 154 cm³/mol. The van der Waals surface area contributed by atoms with Gasteiger partial charge in [0, 0.05) is 18.4 Å². The number of aliphatic hydroxyl groups excluding tert-OH is 1. The number of nitrogen functional groups attached to an aromatic ring is 1. The molecule has 0 unspecified atom stereocenters. The molecule has 41 heavy (non-hydrogen) atoms. The minimum absolute atomic E-state index is 0.150. The molecule has 2 aromatic heterocycles. The molecule has 0 spiro atoms. The lowest BCUT2D eigenvalue weighted by Gasteiger charge is -2.48. The maximum atomic E-state index is 14.6. The van der Waals surface area contributed by atoms with E-state index in [2.05, 4.69) is 15.0 Å². The van der Waals surface area contributed by atoms with Gasteiger partial charge >= 0.3 is 0 Å². The molecule has 0 saturated heterocycles. The fourth-order valence-electron chi connectivity index (χ4n) is 5.98. The number of aliphatic hydroxyl groups is 1. The Balaban J connectivity index is 1.40. The van der Waals surface area contributed by atoms with E-state index in [1.807, 2.05) is 84.9 Å². The topological polar surface area (TPSA) is 108 Å². The first-order valence-electron chi connectivity index (χ1n) is 13.4. The molecule has 0 aliphatic heterocycles. The Hall–Kier alpha value is -4.60. The highest BCUT2D eigenvalue weighted by molar-refractivity contribution is 5.81. The molecule has 1 fully saturated rings. The molecule has 6 rings (SSSR count). The summed E-state index contributed by atoms with van der Waals surface area (Å²) in [6, 6.07) is 27.2. The number of rotatable bonds is 9. The summed E-state index contributed by atoms with van der Waals surface area (Å²) in [5.41, 5.74) is 9.12. The number of nitrogens with two attached hydrogens (primary N) is 1. The van der Waals surface area contributed by atoms with Crippen molar-refractivity contribution in [2.24, 2.45) is 11.8 Å². The Kier molecular flexibility index (Phi) is 7.21. The SMILES string of the molecule is COc1ccc(C(OC[C@H]2/C(=C/F)[C@@H](n3cnc4c(N)ncnc43)[C@@H]2CO)(c2ccccc2)c2ccccc2)cc1. The van der Waals surface area contributed by atoms with Gasteiger partial charge < -0.3 is 24.9 Å². The molecular formula is C32H30FN5O3. The molecule has 3 aromatic carbocycles. The second-order valence-electron chi connectivity index (χ2n) is 10.0. The second kappa shape index (κ2) is 11.1. The van der Waals surface area contributed by atoms with Crippen LogP contribution in [-0.2, 0) is 10.3 Å². The lowest BCUT2D eigenvalue weighted by Crippen LogP contribution is -2.47. The molecule has 3 atom stereocenters. The van der Waals surface area contributed by atoms with Crippen LogP contribution < -0.4 is 10.5 Å². The number of methoxy groups -OCH3 is 1. The maximum absolute atomic E-state index is 14.6. The van der Waals surface area contributed by atoms with E-state index in [1.165, 1.54) is 6.33 Å². The number of benzene rings is 3. The molecule has 0 amide bonds. The van der Waals surface area contributed by atoms with Gasteiger partial charge in [-0.3, -0.25) is 0 Å². The van der Waals surface area contributed by atoms with Gasteiger partial charge in [-0.05, 0) is 34.4 Å². The zero-order chi connectivity index (χ0) is 28.4. The van der Waals surface area contributed by atoms with Crippen molar-refractivity contribution in [3.63, 3.8) is 0 Å². The maximum Gasteiger partial charge on any atom is 0.165 e. The summed E-state index contributed by atoms with van der Waals surface area (Å²) in [5, 5.41) is 10.5. The lowest BCUT2D eigenvalue weighted by molar-refractivity contribution is -0.0443. The number of hydrogen-bond acceptors (Lipinski definition) is 7. The van der Waals surface area contributed by atoms with Crippen molar-refractivity contribution < 1.29 is 19.0 Å². The quantitative estimate of drug-likeness (QED) is 0.247. The fourth-order valence-corrected chi connectivity index (χ4v) is 5.98. The van der Waals surface area contributed by atoms with Crippen LogP contribution in [0, 0.1) is 11.8 Å². The predicted octanol–water partition coefficient (Wildman–Crippen LogP) is 5.06. The third kappa shape index (κ3) is 4.43. The summed E-state index contributed by atoms with van der Waals surface area (Å²) >= 11 is 0. The van der Waals surface area contributed by atoms with Gasteiger partial charge in [0.05, 0.1) is 32.4 Å². The van der Waals surface area contributed by atoms with Crippen molar-refractivity contribution in [2.75, 3.05) is 26.1 Å². The van der Waals surface area contributed by atoms with Crippen molar-refractivity contribution in [3.05, 3.63) is 126 Å². The fraction of sp³-hybridized carbons (Fsp3) is 0.219. The second-order valence-corrected chi connectivity index (χ2v) is 10.0. The molecule has 8 nitrogen and oxygen atoms in total. The zero-order valence-corrected chi connectivity index (χ0v) is 22.5. The van der Waals surface area contributed by atoms with Crippen LogP contribution in [0.2, 0.25) is 0 Å². The number of halogens is 1. The van der Waals surface area contributed by atoms with E-state index in [0.717, 1.165) is 22.4 Å². The monoisotopic (exact) mass is 551 g/mol. The van der Waals surface area contributed by atoms with Crippen molar-refractivity contribution in [3.8, 4) is 5.75 Å². The molecule has 0 bridgehead atoms. The highest BCUT2D eigenvalue weighted by Gasteiger charge is 2.49. The summed E-state index contributed by atoms with van der Waals surface area (Å²) in [5.74, 6) is 0.238. The van der Waals surface area contributed by atoms with Crippen LogP contribution in [0.4, 0.5) is 10.2 Å². The van der Waals surface area contributed by atoms with Crippen LogP contribution in [-0.4, -0.2) is 44.9 Å². The molecule has 1 aliphatic rings. The minimum atomic E-state index is -1.01. The van der Waals surface area contributed by atoms with E-state index < -0.39 is 17.6 Å². The first-order chi connectivity index (χ1) is 20.1. The van der Waals surface area contributed by atoms with E-state index in [0.29, 0.717) is 23.1 Å². The minimum Gasteiger partial charge on any atom is -0.497 e. The van der Waals surface area contributed by atoms with Gasteiger partial charge in [-0.15, -0.1) is 0 Å². The van der Waals surface area contributed by atoms with Crippen LogP contribution in [0.1, 0.15) is 22.7 Å². The number of imidazole rings is 1. The summed E-state index contributed by atoms with van der Waals surface area (Å²) in [4.78, 5) is 12.7. The van der Waals surface area contributed by atoms with Gasteiger partial charge in [-0.2, -0.15) is 0 Å². The lowest BCUT2D eigenvalue weighted by atomic mass is 9.65. The Morgan fingerprint density at radius 1 is 0.927 bits per heavy atom. The van der Waals surface area contributed by atoms with Gasteiger partial charge in [0.25, 0.3) is 0 Å². The normalized spacial score (nSPS) is 19.8. The molecule has 1 saturated carbocycles. The number of ether oxygens (including phenoxy) is 2. The third-order valence-electron chi connectivity index (χ3n) is 8.05. The third-order valence-corrected chi connectivity index (χ3v) is 8.05. The molecule has 3 N–H and O–H groups in total. The van der Waals surface area contributed by atoms with Crippen molar-refractivity contribution in [1.82, 2.24) is 19.5 Å². The first kappa shape index (κ1) is 26.6. The van der Waals surface area contributed by atoms with Gasteiger partial charge in [-0.1, -0.05) is 72.8 Å². The molecule has 0 radical (unpaired) electrons. The average Bonchev–Trinajstić information content (AvgIpc) is 3.45. The highest BCUT2D eigenvalue weighted by Crippen LogP contribution is 2.51. The molecule has 2 heterocycles. The molecular weight excluding hydrogens is 521 g/mol. The number of nitrogens with zero attached hydrogens (tertiary/aromatic N) is 4. The van der Waals surface area contributed by atoms with E-state index >= 15 is 0 Å². The Morgan fingerprint density at radius 3 is 2.15 bits per heavy atom. The van der Waals surface area contributed by atoms with Crippen LogP contribution >= 0.6 is 0 Å². The number of fused-ring (bicyclic) bond motifs is 1. The molecule has 208 valence electrons. The largest absolute Gasteiger partial charge is 0.497 e. The van der Waals surface area contributed by atoms with Gasteiger partial charge in [0.15, 0.2) is 11.5 Å². The van der Waals surface area contributed by atoms with Crippen molar-refractivity contribution >= 4 is 17.0 Å². The number of anilines is 1. The van der Waals surface area contributed by atoms with E-state index in [1.54, 1.807) is 18.0 Å². The van der Waals surface area contributed by atoms with Gasteiger partial charge in [0.2, 0.25) is 0 Å². The van der Waals surface area contributed by atoms with Crippen LogP contribution in [0.25, 0.3) is 11.2 Å². The number of hydrogen-bond donors (Lipinski definition) is 2. The first-order valence-corrected chi connectivity index (χ1v) is 13.4. The van der Waals surface area contributed by atoms with E-state index in [4.69, 9.17) is 15.2 Å². The van der Waals surface area contributed by atoms with Crippen LogP contribution in [0.3, 0.4) is 0 Å². The smallest absolute Gasteiger partial charge is 0.165 e. The Labute approximate surface area is 236 Å². The van der Waals surface area contributed by atoms with Gasteiger partial charge in [-0.25, -0.2) is 19.3 Å². The van der Waals surface area contributed by atoms with Crippen LogP contribution in [0.5, 0.6) is 5.75 Å². The Morgan fingerprint density at radius 2 is 1.56 bits per heavy atom.